The molecule has 0 amide bonds. The quantitative estimate of drug-likeness (QED) is 0.899. The maximum Gasteiger partial charge on any atom is 0.0285 e. The summed E-state index contributed by atoms with van der Waals surface area (Å²) in [6.07, 6.45) is 5.07. The summed E-state index contributed by atoms with van der Waals surface area (Å²) in [5.41, 5.74) is 6.27. The summed E-state index contributed by atoms with van der Waals surface area (Å²) >= 11 is 5.30. The second-order valence-electron chi connectivity index (χ2n) is 4.78. The highest BCUT2D eigenvalue weighted by molar-refractivity contribution is 9.10. The summed E-state index contributed by atoms with van der Waals surface area (Å²) in [6, 6.07) is 2.56. The van der Waals surface area contributed by atoms with E-state index in [9.17, 15) is 0 Å². The highest BCUT2D eigenvalue weighted by Gasteiger charge is 2.26. The molecular formula is C12H18BrNS. The number of nitrogens with two attached hydrogens (primary N) is 1. The molecule has 1 nitrogen and oxygen atoms in total. The molecule has 1 aliphatic carbocycles. The van der Waals surface area contributed by atoms with Crippen LogP contribution in [0.2, 0.25) is 0 Å². The normalized spacial score (nSPS) is 28.2. The van der Waals surface area contributed by atoms with E-state index in [0.717, 1.165) is 18.3 Å². The summed E-state index contributed by atoms with van der Waals surface area (Å²) in [5, 5.41) is 2.14. The maximum absolute atomic E-state index is 6.27. The lowest BCUT2D eigenvalue weighted by Crippen LogP contribution is -2.30. The van der Waals surface area contributed by atoms with Crippen LogP contribution in [-0.4, -0.2) is 6.04 Å². The summed E-state index contributed by atoms with van der Waals surface area (Å²) in [6.45, 7) is 2.34. The van der Waals surface area contributed by atoms with Crippen molar-refractivity contribution in [2.45, 2.75) is 38.6 Å². The van der Waals surface area contributed by atoms with Crippen LogP contribution in [0.25, 0.3) is 0 Å². The summed E-state index contributed by atoms with van der Waals surface area (Å²) in [7, 11) is 0. The SMILES string of the molecule is CC1CCC(C(N)Cc2cc(Br)cs2)C1. The van der Waals surface area contributed by atoms with Crippen LogP contribution >= 0.6 is 27.3 Å². The van der Waals surface area contributed by atoms with E-state index >= 15 is 0 Å². The molecule has 0 aromatic carbocycles. The van der Waals surface area contributed by atoms with Gasteiger partial charge in [-0.1, -0.05) is 13.3 Å². The van der Waals surface area contributed by atoms with Gasteiger partial charge in [-0.3, -0.25) is 0 Å². The number of hydrogen-bond acceptors (Lipinski definition) is 2. The molecule has 3 unspecified atom stereocenters. The van der Waals surface area contributed by atoms with E-state index in [2.05, 4.69) is 34.3 Å². The van der Waals surface area contributed by atoms with Gasteiger partial charge in [0.2, 0.25) is 0 Å². The Hall–Kier alpha value is 0.140. The molecule has 1 heterocycles. The molecule has 0 bridgehead atoms. The standard InChI is InChI=1S/C12H18BrNS/c1-8-2-3-9(4-8)12(14)6-11-5-10(13)7-15-11/h5,7-9,12H,2-4,6,14H2,1H3. The molecule has 1 aliphatic rings. The van der Waals surface area contributed by atoms with Gasteiger partial charge < -0.3 is 5.73 Å². The first-order valence-electron chi connectivity index (χ1n) is 5.63. The zero-order valence-electron chi connectivity index (χ0n) is 9.08. The topological polar surface area (TPSA) is 26.0 Å². The number of rotatable bonds is 3. The molecular weight excluding hydrogens is 270 g/mol. The van der Waals surface area contributed by atoms with Crippen LogP contribution in [0.1, 0.15) is 31.1 Å². The molecule has 3 atom stereocenters. The molecule has 1 fully saturated rings. The Morgan fingerprint density at radius 1 is 1.60 bits per heavy atom. The molecule has 0 saturated heterocycles. The Balaban J connectivity index is 1.89. The lowest BCUT2D eigenvalue weighted by atomic mass is 9.95. The average Bonchev–Trinajstić information content (AvgIpc) is 2.75. The van der Waals surface area contributed by atoms with Crippen LogP contribution in [-0.2, 0) is 6.42 Å². The van der Waals surface area contributed by atoms with E-state index in [1.165, 1.54) is 28.6 Å². The summed E-state index contributed by atoms with van der Waals surface area (Å²) in [4.78, 5) is 1.41. The van der Waals surface area contributed by atoms with E-state index in [1.807, 2.05) is 11.3 Å². The van der Waals surface area contributed by atoms with E-state index in [-0.39, 0.29) is 0 Å². The van der Waals surface area contributed by atoms with Crippen LogP contribution in [0.3, 0.4) is 0 Å². The van der Waals surface area contributed by atoms with Crippen molar-refractivity contribution in [2.75, 3.05) is 0 Å². The third-order valence-corrected chi connectivity index (χ3v) is 5.12. The fraction of sp³-hybridized carbons (Fsp3) is 0.667. The van der Waals surface area contributed by atoms with Crippen molar-refractivity contribution in [3.63, 3.8) is 0 Å². The van der Waals surface area contributed by atoms with E-state index in [4.69, 9.17) is 5.73 Å². The van der Waals surface area contributed by atoms with Crippen LogP contribution in [0.5, 0.6) is 0 Å². The van der Waals surface area contributed by atoms with Gasteiger partial charge in [0, 0.05) is 20.8 Å². The third kappa shape index (κ3) is 3.05. The van der Waals surface area contributed by atoms with Crippen LogP contribution in [0, 0.1) is 11.8 Å². The van der Waals surface area contributed by atoms with Crippen molar-refractivity contribution in [3.05, 3.63) is 20.8 Å². The van der Waals surface area contributed by atoms with Gasteiger partial charge in [-0.05, 0) is 53.1 Å². The number of hydrogen-bond donors (Lipinski definition) is 1. The van der Waals surface area contributed by atoms with Crippen molar-refractivity contribution in [1.29, 1.82) is 0 Å². The van der Waals surface area contributed by atoms with Crippen LogP contribution in [0.4, 0.5) is 0 Å². The van der Waals surface area contributed by atoms with Gasteiger partial charge in [0.25, 0.3) is 0 Å². The fourth-order valence-corrected chi connectivity index (χ4v) is 4.02. The molecule has 0 spiro atoms. The Morgan fingerprint density at radius 2 is 2.40 bits per heavy atom. The molecule has 15 heavy (non-hydrogen) atoms. The second-order valence-corrected chi connectivity index (χ2v) is 6.69. The number of halogens is 1. The second kappa shape index (κ2) is 4.98. The van der Waals surface area contributed by atoms with Gasteiger partial charge in [0.05, 0.1) is 0 Å². The van der Waals surface area contributed by atoms with E-state index < -0.39 is 0 Å². The minimum Gasteiger partial charge on any atom is -0.327 e. The summed E-state index contributed by atoms with van der Waals surface area (Å²) < 4.78 is 1.19. The zero-order chi connectivity index (χ0) is 10.8. The molecule has 0 radical (unpaired) electrons. The first-order valence-corrected chi connectivity index (χ1v) is 7.31. The van der Waals surface area contributed by atoms with Gasteiger partial charge >= 0.3 is 0 Å². The first kappa shape index (κ1) is 11.6. The molecule has 2 rings (SSSR count). The fourth-order valence-electron chi connectivity index (χ4n) is 2.50. The van der Waals surface area contributed by atoms with Crippen molar-refractivity contribution in [1.82, 2.24) is 0 Å². The maximum atomic E-state index is 6.27. The lowest BCUT2D eigenvalue weighted by Gasteiger charge is -2.18. The van der Waals surface area contributed by atoms with Gasteiger partial charge in [-0.25, -0.2) is 0 Å². The van der Waals surface area contributed by atoms with E-state index in [1.54, 1.807) is 0 Å². The van der Waals surface area contributed by atoms with Crippen LogP contribution < -0.4 is 5.73 Å². The molecule has 1 aromatic rings. The first-order chi connectivity index (χ1) is 7.15. The molecule has 3 heteroatoms. The third-order valence-electron chi connectivity index (χ3n) is 3.40. The minimum absolute atomic E-state index is 0.362. The molecule has 84 valence electrons. The largest absolute Gasteiger partial charge is 0.327 e. The molecule has 2 N–H and O–H groups in total. The monoisotopic (exact) mass is 287 g/mol. The Labute approximate surface area is 104 Å². The number of thiophene rings is 1. The molecule has 1 saturated carbocycles. The predicted octanol–water partition coefficient (Wildman–Crippen LogP) is 3.82. The lowest BCUT2D eigenvalue weighted by molar-refractivity contribution is 0.417. The zero-order valence-corrected chi connectivity index (χ0v) is 11.5. The predicted molar refractivity (Wildman–Crippen MR) is 70.2 cm³/mol. The van der Waals surface area contributed by atoms with Gasteiger partial charge in [0.1, 0.15) is 0 Å². The van der Waals surface area contributed by atoms with Gasteiger partial charge in [-0.2, -0.15) is 0 Å². The van der Waals surface area contributed by atoms with E-state index in [0.29, 0.717) is 6.04 Å². The van der Waals surface area contributed by atoms with Gasteiger partial charge in [0.15, 0.2) is 0 Å². The Bertz CT molecular complexity index is 323. The minimum atomic E-state index is 0.362. The van der Waals surface area contributed by atoms with Gasteiger partial charge in [-0.15, -0.1) is 11.3 Å². The van der Waals surface area contributed by atoms with Crippen molar-refractivity contribution in [3.8, 4) is 0 Å². The molecule has 1 aromatic heterocycles. The highest BCUT2D eigenvalue weighted by atomic mass is 79.9. The Morgan fingerprint density at radius 3 is 2.93 bits per heavy atom. The smallest absolute Gasteiger partial charge is 0.0285 e. The van der Waals surface area contributed by atoms with Crippen molar-refractivity contribution in [2.24, 2.45) is 17.6 Å². The Kier molecular flexibility index (Phi) is 3.86. The van der Waals surface area contributed by atoms with Crippen LogP contribution in [0.15, 0.2) is 15.9 Å². The molecule has 0 aliphatic heterocycles. The average molecular weight is 288 g/mol. The van der Waals surface area contributed by atoms with Crippen molar-refractivity contribution >= 4 is 27.3 Å². The highest BCUT2D eigenvalue weighted by Crippen LogP contribution is 2.33. The summed E-state index contributed by atoms with van der Waals surface area (Å²) in [5.74, 6) is 1.64. The van der Waals surface area contributed by atoms with Crippen molar-refractivity contribution < 1.29 is 0 Å².